The third kappa shape index (κ3) is 2.73. The summed E-state index contributed by atoms with van der Waals surface area (Å²) in [7, 11) is 0. The minimum absolute atomic E-state index is 0.101. The van der Waals surface area contributed by atoms with Gasteiger partial charge in [-0.05, 0) is 12.1 Å². The number of hydrogen-bond acceptors (Lipinski definition) is 3. The Kier molecular flexibility index (Phi) is 3.41. The predicted octanol–water partition coefficient (Wildman–Crippen LogP) is 2.48. The molecule has 1 aliphatic heterocycles. The van der Waals surface area contributed by atoms with Gasteiger partial charge in [-0.2, -0.15) is 0 Å². The van der Waals surface area contributed by atoms with Crippen molar-refractivity contribution in [3.8, 4) is 0 Å². The van der Waals surface area contributed by atoms with Crippen LogP contribution in [0.1, 0.15) is 10.4 Å². The Bertz CT molecular complexity index is 425. The molecule has 1 heterocycles. The van der Waals surface area contributed by atoms with Crippen molar-refractivity contribution in [3.63, 3.8) is 0 Å². The van der Waals surface area contributed by atoms with Crippen LogP contribution >= 0.6 is 15.9 Å². The second-order valence-corrected chi connectivity index (χ2v) is 4.32. The largest absolute Gasteiger partial charge is 0.365 e. The highest BCUT2D eigenvalue weighted by molar-refractivity contribution is 9.10. The Morgan fingerprint density at radius 2 is 1.81 bits per heavy atom. The molecular formula is C12H11BrN2O. The average molecular weight is 279 g/mol. The van der Waals surface area contributed by atoms with Crippen LogP contribution in [0.2, 0.25) is 0 Å². The molecule has 0 saturated heterocycles. The van der Waals surface area contributed by atoms with Crippen molar-refractivity contribution in [1.29, 1.82) is 0 Å². The first-order chi connectivity index (χ1) is 7.75. The maximum Gasteiger partial charge on any atom is 0.182 e. The highest BCUT2D eigenvalue weighted by Crippen LogP contribution is 2.11. The van der Waals surface area contributed by atoms with Crippen LogP contribution in [0.5, 0.6) is 0 Å². The summed E-state index contributed by atoms with van der Waals surface area (Å²) in [4.78, 5) is 13.7. The number of nitrogens with zero attached hydrogens (tertiary/aromatic N) is 1. The number of ketones is 1. The lowest BCUT2D eigenvalue weighted by atomic mass is 10.1. The molecule has 1 N–H and O–H groups in total. The summed E-state index contributed by atoms with van der Waals surface area (Å²) in [6.45, 7) is 0.357. The monoisotopic (exact) mass is 278 g/mol. The van der Waals surface area contributed by atoms with Crippen LogP contribution in [0, 0.1) is 0 Å². The maximum atomic E-state index is 11.9. The van der Waals surface area contributed by atoms with Crippen molar-refractivity contribution in [2.75, 3.05) is 6.54 Å². The van der Waals surface area contributed by atoms with Gasteiger partial charge in [0.25, 0.3) is 0 Å². The zero-order valence-electron chi connectivity index (χ0n) is 8.56. The van der Waals surface area contributed by atoms with E-state index in [4.69, 9.17) is 0 Å². The van der Waals surface area contributed by atoms with Crippen molar-refractivity contribution in [2.45, 2.75) is 0 Å². The third-order valence-corrected chi connectivity index (χ3v) is 2.75. The summed E-state index contributed by atoms with van der Waals surface area (Å²) >= 11 is 3.34. The van der Waals surface area contributed by atoms with Crippen molar-refractivity contribution in [2.24, 2.45) is 0 Å². The normalized spacial score (nSPS) is 13.7. The molecule has 0 spiro atoms. The number of halogens is 1. The average Bonchev–Trinajstić information content (AvgIpc) is 2.31. The van der Waals surface area contributed by atoms with Crippen LogP contribution in [0.25, 0.3) is 0 Å². The van der Waals surface area contributed by atoms with Gasteiger partial charge in [-0.25, -0.2) is 0 Å². The van der Waals surface area contributed by atoms with Crippen molar-refractivity contribution >= 4 is 21.7 Å². The number of carbonyl (C=O) groups excluding carboxylic acids is 1. The second kappa shape index (κ2) is 4.99. The number of carbonyl (C=O) groups is 1. The van der Waals surface area contributed by atoms with E-state index in [1.165, 1.54) is 0 Å². The van der Waals surface area contributed by atoms with Gasteiger partial charge in [0, 0.05) is 34.8 Å². The van der Waals surface area contributed by atoms with Gasteiger partial charge in [-0.3, -0.25) is 4.79 Å². The first kappa shape index (κ1) is 11.0. The lowest BCUT2D eigenvalue weighted by Gasteiger charge is -2.17. The molecular weight excluding hydrogens is 268 g/mol. The molecule has 0 amide bonds. The molecule has 0 radical (unpaired) electrons. The number of rotatable bonds is 3. The molecule has 0 bridgehead atoms. The van der Waals surface area contributed by atoms with Gasteiger partial charge in [-0.15, -0.1) is 0 Å². The molecule has 0 atom stereocenters. The fourth-order valence-electron chi connectivity index (χ4n) is 1.38. The van der Waals surface area contributed by atoms with Crippen molar-refractivity contribution in [1.82, 2.24) is 10.2 Å². The zero-order chi connectivity index (χ0) is 11.4. The Morgan fingerprint density at radius 1 is 1.19 bits per heavy atom. The summed E-state index contributed by atoms with van der Waals surface area (Å²) in [5.74, 6) is 0.101. The Morgan fingerprint density at radius 3 is 2.44 bits per heavy atom. The van der Waals surface area contributed by atoms with Gasteiger partial charge in [0.2, 0.25) is 0 Å². The molecule has 0 aromatic heterocycles. The molecule has 1 aromatic carbocycles. The fraction of sp³-hybridized carbons (Fsp3) is 0.0833. The SMILES string of the molecule is O=C(CN1C=CNC=C1)c1ccc(Br)cc1. The molecule has 0 fully saturated rings. The van der Waals surface area contributed by atoms with E-state index < -0.39 is 0 Å². The molecule has 1 aliphatic rings. The topological polar surface area (TPSA) is 32.3 Å². The quantitative estimate of drug-likeness (QED) is 0.863. The van der Waals surface area contributed by atoms with Gasteiger partial charge in [0.1, 0.15) is 0 Å². The van der Waals surface area contributed by atoms with Gasteiger partial charge >= 0.3 is 0 Å². The molecule has 1 aromatic rings. The van der Waals surface area contributed by atoms with Crippen LogP contribution in [0.3, 0.4) is 0 Å². The van der Waals surface area contributed by atoms with Crippen molar-refractivity contribution < 1.29 is 4.79 Å². The number of nitrogens with one attached hydrogen (secondary N) is 1. The van der Waals surface area contributed by atoms with Gasteiger partial charge in [-0.1, -0.05) is 28.1 Å². The molecule has 16 heavy (non-hydrogen) atoms. The van der Waals surface area contributed by atoms with E-state index >= 15 is 0 Å². The summed E-state index contributed by atoms with van der Waals surface area (Å²) < 4.78 is 0.978. The van der Waals surface area contributed by atoms with Crippen LogP contribution in [-0.4, -0.2) is 17.2 Å². The minimum atomic E-state index is 0.101. The minimum Gasteiger partial charge on any atom is -0.365 e. The first-order valence-electron chi connectivity index (χ1n) is 4.89. The van der Waals surface area contributed by atoms with Crippen LogP contribution in [0.15, 0.2) is 53.5 Å². The Hall–Kier alpha value is -1.55. The predicted molar refractivity (Wildman–Crippen MR) is 66.6 cm³/mol. The van der Waals surface area contributed by atoms with E-state index in [9.17, 15) is 4.79 Å². The Labute approximate surface area is 103 Å². The molecule has 82 valence electrons. The highest BCUT2D eigenvalue weighted by Gasteiger charge is 2.08. The van der Waals surface area contributed by atoms with E-state index in [0.717, 1.165) is 10.0 Å². The van der Waals surface area contributed by atoms with Gasteiger partial charge in [0.05, 0.1) is 6.54 Å². The second-order valence-electron chi connectivity index (χ2n) is 3.40. The zero-order valence-corrected chi connectivity index (χ0v) is 10.1. The van der Waals surface area contributed by atoms with Crippen molar-refractivity contribution in [3.05, 3.63) is 59.1 Å². The highest BCUT2D eigenvalue weighted by atomic mass is 79.9. The Balaban J connectivity index is 2.02. The van der Waals surface area contributed by atoms with Crippen LogP contribution in [0.4, 0.5) is 0 Å². The van der Waals surface area contributed by atoms with E-state index in [1.54, 1.807) is 12.4 Å². The molecule has 0 unspecified atom stereocenters. The third-order valence-electron chi connectivity index (χ3n) is 2.22. The van der Waals surface area contributed by atoms with E-state index in [-0.39, 0.29) is 5.78 Å². The molecule has 0 aliphatic carbocycles. The van der Waals surface area contributed by atoms with Gasteiger partial charge in [0.15, 0.2) is 5.78 Å². The van der Waals surface area contributed by atoms with E-state index in [0.29, 0.717) is 6.54 Å². The standard InChI is InChI=1S/C12H11BrN2O/c13-11-3-1-10(2-4-11)12(16)9-15-7-5-14-6-8-15/h1-8,14H,9H2. The van der Waals surface area contributed by atoms with Crippen LogP contribution < -0.4 is 5.32 Å². The first-order valence-corrected chi connectivity index (χ1v) is 5.69. The van der Waals surface area contributed by atoms with Crippen LogP contribution in [-0.2, 0) is 0 Å². The molecule has 2 rings (SSSR count). The summed E-state index contributed by atoms with van der Waals surface area (Å²) in [5.41, 5.74) is 0.725. The lowest BCUT2D eigenvalue weighted by Crippen LogP contribution is -2.23. The number of hydrogen-bond donors (Lipinski definition) is 1. The summed E-state index contributed by atoms with van der Waals surface area (Å²) in [6, 6.07) is 7.39. The smallest absolute Gasteiger partial charge is 0.182 e. The summed E-state index contributed by atoms with van der Waals surface area (Å²) in [5, 5.41) is 2.91. The fourth-order valence-corrected chi connectivity index (χ4v) is 1.65. The van der Waals surface area contributed by atoms with Gasteiger partial charge < -0.3 is 10.2 Å². The maximum absolute atomic E-state index is 11.9. The number of benzene rings is 1. The summed E-state index contributed by atoms with van der Waals surface area (Å²) in [6.07, 6.45) is 7.23. The van der Waals surface area contributed by atoms with E-state index in [2.05, 4.69) is 21.2 Å². The molecule has 3 nitrogen and oxygen atoms in total. The molecule has 0 saturated carbocycles. The lowest BCUT2D eigenvalue weighted by molar-refractivity contribution is 0.0969. The van der Waals surface area contributed by atoms with E-state index in [1.807, 2.05) is 41.6 Å². The number of Topliss-reactive ketones (excluding diaryl/α,β-unsaturated/α-hetero) is 1. The molecule has 4 heteroatoms.